The Hall–Kier alpha value is -1.42. The van der Waals surface area contributed by atoms with E-state index in [0.29, 0.717) is 22.0 Å². The summed E-state index contributed by atoms with van der Waals surface area (Å²) >= 11 is 6.11. The number of carbonyl (C=O) groups is 1. The molecule has 0 saturated heterocycles. The molecule has 1 aromatic carbocycles. The Labute approximate surface area is 99.2 Å². The Morgan fingerprint density at radius 1 is 1.25 bits per heavy atom. The molecule has 88 valence electrons. The molecule has 2 N–H and O–H groups in total. The fraction of sp³-hybridized carbons (Fsp3) is 0.364. The van der Waals surface area contributed by atoms with E-state index >= 15 is 0 Å². The van der Waals surface area contributed by atoms with Gasteiger partial charge in [-0.15, -0.1) is 0 Å². The lowest BCUT2D eigenvalue weighted by Gasteiger charge is -2.17. The van der Waals surface area contributed by atoms with Crippen LogP contribution in [0.4, 0.5) is 10.5 Å². The molecule has 1 aromatic rings. The van der Waals surface area contributed by atoms with Crippen LogP contribution in [-0.2, 0) is 0 Å². The highest BCUT2D eigenvalue weighted by Gasteiger charge is 2.18. The molecular weight excluding hydrogens is 230 g/mol. The summed E-state index contributed by atoms with van der Waals surface area (Å²) in [4.78, 5) is 10.7. The third kappa shape index (κ3) is 2.07. The highest BCUT2D eigenvalue weighted by atomic mass is 35.5. The van der Waals surface area contributed by atoms with Crippen molar-refractivity contribution in [3.05, 3.63) is 21.7 Å². The number of anilines is 1. The van der Waals surface area contributed by atoms with Crippen LogP contribution in [-0.4, -0.2) is 18.3 Å². The predicted octanol–water partition coefficient (Wildman–Crippen LogP) is 3.36. The summed E-state index contributed by atoms with van der Waals surface area (Å²) in [5.74, 6) is 0.516. The van der Waals surface area contributed by atoms with Crippen LogP contribution in [0.1, 0.15) is 16.7 Å². The van der Waals surface area contributed by atoms with E-state index in [9.17, 15) is 4.79 Å². The summed E-state index contributed by atoms with van der Waals surface area (Å²) in [7, 11) is 1.50. The molecule has 5 heteroatoms. The normalized spacial score (nSPS) is 10.1. The smallest absolute Gasteiger partial charge is 0.409 e. The Morgan fingerprint density at radius 2 is 1.81 bits per heavy atom. The van der Waals surface area contributed by atoms with Crippen molar-refractivity contribution in [2.24, 2.45) is 0 Å². The van der Waals surface area contributed by atoms with Gasteiger partial charge >= 0.3 is 6.09 Å². The number of rotatable bonds is 2. The standard InChI is InChI=1S/C11H14ClNO3/c1-5-6(2)10(16-4)9(13-11(14)15)7(3)8(5)12/h13H,1-4H3,(H,14,15). The number of ether oxygens (including phenoxy) is 1. The van der Waals surface area contributed by atoms with Gasteiger partial charge in [-0.25, -0.2) is 4.79 Å². The Bertz CT molecular complexity index is 444. The van der Waals surface area contributed by atoms with E-state index in [1.807, 2.05) is 13.8 Å². The topological polar surface area (TPSA) is 58.6 Å². The van der Waals surface area contributed by atoms with Crippen molar-refractivity contribution >= 4 is 23.4 Å². The van der Waals surface area contributed by atoms with Gasteiger partial charge in [0.25, 0.3) is 0 Å². The van der Waals surface area contributed by atoms with Crippen LogP contribution >= 0.6 is 11.6 Å². The van der Waals surface area contributed by atoms with Crippen LogP contribution in [0.2, 0.25) is 5.02 Å². The zero-order valence-electron chi connectivity index (χ0n) is 9.64. The van der Waals surface area contributed by atoms with Crippen LogP contribution in [0.25, 0.3) is 0 Å². The van der Waals surface area contributed by atoms with Crippen molar-refractivity contribution in [3.8, 4) is 5.75 Å². The van der Waals surface area contributed by atoms with Crippen LogP contribution in [0.5, 0.6) is 5.75 Å². The van der Waals surface area contributed by atoms with Crippen LogP contribution < -0.4 is 10.1 Å². The maximum Gasteiger partial charge on any atom is 0.409 e. The van der Waals surface area contributed by atoms with E-state index in [1.54, 1.807) is 6.92 Å². The molecular formula is C11H14ClNO3. The first kappa shape index (κ1) is 12.6. The van der Waals surface area contributed by atoms with Gasteiger partial charge in [-0.3, -0.25) is 5.32 Å². The van der Waals surface area contributed by atoms with E-state index < -0.39 is 6.09 Å². The number of amides is 1. The molecule has 1 rings (SSSR count). The first-order chi connectivity index (χ1) is 7.40. The Balaban J connectivity index is 3.50. The van der Waals surface area contributed by atoms with E-state index in [4.69, 9.17) is 21.4 Å². The highest BCUT2D eigenvalue weighted by molar-refractivity contribution is 6.32. The lowest BCUT2D eigenvalue weighted by Crippen LogP contribution is -2.11. The number of carboxylic acid groups (broad SMARTS) is 1. The van der Waals surface area contributed by atoms with E-state index in [2.05, 4.69) is 5.32 Å². The Kier molecular flexibility index (Phi) is 3.65. The van der Waals surface area contributed by atoms with Gasteiger partial charge in [0.2, 0.25) is 0 Å². The van der Waals surface area contributed by atoms with Gasteiger partial charge in [0.15, 0.2) is 0 Å². The number of halogens is 1. The van der Waals surface area contributed by atoms with Crippen molar-refractivity contribution in [3.63, 3.8) is 0 Å². The van der Waals surface area contributed by atoms with Crippen LogP contribution in [0.3, 0.4) is 0 Å². The summed E-state index contributed by atoms with van der Waals surface area (Å²) < 4.78 is 5.21. The molecule has 0 aliphatic rings. The largest absolute Gasteiger partial charge is 0.494 e. The third-order valence-electron chi connectivity index (χ3n) is 2.60. The molecule has 16 heavy (non-hydrogen) atoms. The van der Waals surface area contributed by atoms with E-state index in [1.165, 1.54) is 7.11 Å². The van der Waals surface area contributed by atoms with Gasteiger partial charge < -0.3 is 9.84 Å². The minimum atomic E-state index is -1.14. The second kappa shape index (κ2) is 4.61. The SMILES string of the molecule is COc1c(C)c(C)c(Cl)c(C)c1NC(=O)O. The second-order valence-electron chi connectivity index (χ2n) is 3.53. The first-order valence-corrected chi connectivity index (χ1v) is 5.11. The average molecular weight is 244 g/mol. The minimum Gasteiger partial charge on any atom is -0.494 e. The Morgan fingerprint density at radius 3 is 2.25 bits per heavy atom. The van der Waals surface area contributed by atoms with Crippen molar-refractivity contribution in [2.75, 3.05) is 12.4 Å². The van der Waals surface area contributed by atoms with Gasteiger partial charge in [-0.05, 0) is 37.5 Å². The molecule has 0 saturated carbocycles. The van der Waals surface area contributed by atoms with Crippen molar-refractivity contribution in [1.82, 2.24) is 0 Å². The quantitative estimate of drug-likeness (QED) is 0.837. The molecule has 0 aromatic heterocycles. The lowest BCUT2D eigenvalue weighted by atomic mass is 10.0. The summed E-state index contributed by atoms with van der Waals surface area (Å²) in [5, 5.41) is 11.6. The van der Waals surface area contributed by atoms with Gasteiger partial charge in [-0.1, -0.05) is 11.6 Å². The third-order valence-corrected chi connectivity index (χ3v) is 3.17. The highest BCUT2D eigenvalue weighted by Crippen LogP contribution is 2.39. The van der Waals surface area contributed by atoms with Gasteiger partial charge in [0, 0.05) is 5.02 Å². The predicted molar refractivity (Wildman–Crippen MR) is 63.9 cm³/mol. The fourth-order valence-electron chi connectivity index (χ4n) is 1.60. The summed E-state index contributed by atoms with van der Waals surface area (Å²) in [5.41, 5.74) is 2.81. The summed E-state index contributed by atoms with van der Waals surface area (Å²) in [6.45, 7) is 5.47. The molecule has 0 unspecified atom stereocenters. The van der Waals surface area contributed by atoms with Crippen molar-refractivity contribution in [1.29, 1.82) is 0 Å². The molecule has 0 aliphatic carbocycles. The van der Waals surface area contributed by atoms with Gasteiger partial charge in [-0.2, -0.15) is 0 Å². The maximum absolute atomic E-state index is 10.7. The van der Waals surface area contributed by atoms with Gasteiger partial charge in [0.05, 0.1) is 12.8 Å². The number of benzene rings is 1. The molecule has 0 spiro atoms. The number of hydrogen-bond acceptors (Lipinski definition) is 2. The fourth-order valence-corrected chi connectivity index (χ4v) is 1.83. The van der Waals surface area contributed by atoms with Crippen molar-refractivity contribution < 1.29 is 14.6 Å². The molecule has 0 atom stereocenters. The van der Waals surface area contributed by atoms with Crippen LogP contribution in [0, 0.1) is 20.8 Å². The molecule has 0 bridgehead atoms. The second-order valence-corrected chi connectivity index (χ2v) is 3.91. The summed E-state index contributed by atoms with van der Waals surface area (Å²) in [6.07, 6.45) is -1.14. The first-order valence-electron chi connectivity index (χ1n) is 4.73. The molecule has 0 radical (unpaired) electrons. The van der Waals surface area contributed by atoms with E-state index in [-0.39, 0.29) is 0 Å². The number of nitrogens with one attached hydrogen (secondary N) is 1. The molecule has 1 amide bonds. The molecule has 0 heterocycles. The van der Waals surface area contributed by atoms with Crippen molar-refractivity contribution in [2.45, 2.75) is 20.8 Å². The molecule has 0 aliphatic heterocycles. The number of hydrogen-bond donors (Lipinski definition) is 2. The van der Waals surface area contributed by atoms with Crippen LogP contribution in [0.15, 0.2) is 0 Å². The monoisotopic (exact) mass is 243 g/mol. The zero-order valence-corrected chi connectivity index (χ0v) is 10.4. The minimum absolute atomic E-state index is 0.406. The average Bonchev–Trinajstić information content (AvgIpc) is 2.23. The maximum atomic E-state index is 10.7. The summed E-state index contributed by atoms with van der Waals surface area (Å²) in [6, 6.07) is 0. The zero-order chi connectivity index (χ0) is 12.5. The number of methoxy groups -OCH3 is 1. The van der Waals surface area contributed by atoms with Gasteiger partial charge in [0.1, 0.15) is 5.75 Å². The lowest BCUT2D eigenvalue weighted by molar-refractivity contribution is 0.209. The molecule has 4 nitrogen and oxygen atoms in total. The van der Waals surface area contributed by atoms with E-state index in [0.717, 1.165) is 11.1 Å². The molecule has 0 fully saturated rings.